The van der Waals surface area contributed by atoms with Crippen LogP contribution in [0.15, 0.2) is 66.2 Å². The number of hydrogen-bond acceptors (Lipinski definition) is 5. The summed E-state index contributed by atoms with van der Waals surface area (Å²) in [5, 5.41) is 23.4. The van der Waals surface area contributed by atoms with Gasteiger partial charge >= 0.3 is 0 Å². The number of para-hydroxylation sites is 1. The van der Waals surface area contributed by atoms with E-state index in [1.54, 1.807) is 11.0 Å². The smallest absolute Gasteiger partial charge is 0.247 e. The Bertz CT molecular complexity index is 1050. The Hall–Kier alpha value is -2.43. The van der Waals surface area contributed by atoms with Crippen LogP contribution in [-0.4, -0.2) is 64.9 Å². The predicted molar refractivity (Wildman–Crippen MR) is 152 cm³/mol. The van der Waals surface area contributed by atoms with Crippen molar-refractivity contribution >= 4 is 34.4 Å². The quantitative estimate of drug-likeness (QED) is 0.234. The molecule has 0 saturated carbocycles. The van der Waals surface area contributed by atoms with E-state index < -0.39 is 18.2 Å². The second-order valence-electron chi connectivity index (χ2n) is 9.26. The summed E-state index contributed by atoms with van der Waals surface area (Å²) in [5.74, 6) is 0.185. The zero-order chi connectivity index (χ0) is 26.6. The Labute approximate surface area is 233 Å². The fraction of sp³-hybridized carbons (Fsp3) is 0.448. The highest BCUT2D eigenvalue weighted by Gasteiger charge is 2.40. The van der Waals surface area contributed by atoms with E-state index in [2.05, 4.69) is 34.8 Å². The van der Waals surface area contributed by atoms with E-state index in [9.17, 15) is 19.8 Å². The van der Waals surface area contributed by atoms with Crippen molar-refractivity contribution in [2.45, 2.75) is 63.7 Å². The van der Waals surface area contributed by atoms with Crippen molar-refractivity contribution < 1.29 is 24.5 Å². The molecule has 0 aliphatic heterocycles. The number of nitrogens with one attached hydrogen (secondary N) is 1. The molecule has 1 aliphatic carbocycles. The summed E-state index contributed by atoms with van der Waals surface area (Å²) in [4.78, 5) is 28.3. The Morgan fingerprint density at radius 2 is 1.81 bits per heavy atom. The maximum absolute atomic E-state index is 13.6. The number of nitrogens with zero attached hydrogens (tertiary/aromatic N) is 1. The lowest BCUT2D eigenvalue weighted by molar-refractivity contribution is -0.138. The highest BCUT2D eigenvalue weighted by molar-refractivity contribution is 14.1. The molecule has 0 bridgehead atoms. The lowest BCUT2D eigenvalue weighted by Gasteiger charge is -2.40. The molecule has 200 valence electrons. The average Bonchev–Trinajstić information content (AvgIpc) is 2.90. The fourth-order valence-electron chi connectivity index (χ4n) is 4.52. The summed E-state index contributed by atoms with van der Waals surface area (Å²) in [7, 11) is 0. The summed E-state index contributed by atoms with van der Waals surface area (Å²) in [5.41, 5.74) is 1.34. The lowest BCUT2D eigenvalue weighted by Crippen LogP contribution is -2.55. The number of carbonyl (C=O) groups is 2. The third kappa shape index (κ3) is 8.55. The number of carbonyl (C=O) groups excluding carboxylic acids is 2. The molecule has 0 fully saturated rings. The first kappa shape index (κ1) is 29.1. The van der Waals surface area contributed by atoms with E-state index in [1.165, 1.54) is 0 Å². The number of aliphatic hydroxyl groups is 2. The van der Waals surface area contributed by atoms with Gasteiger partial charge in [-0.2, -0.15) is 0 Å². The number of aliphatic hydroxyl groups excluding tert-OH is 2. The Morgan fingerprint density at radius 3 is 2.51 bits per heavy atom. The maximum Gasteiger partial charge on any atom is 0.247 e. The third-order valence-corrected chi connectivity index (χ3v) is 7.38. The number of hydrogen-bond donors (Lipinski definition) is 3. The minimum Gasteiger partial charge on any atom is -0.482 e. The van der Waals surface area contributed by atoms with Crippen LogP contribution >= 0.6 is 22.6 Å². The van der Waals surface area contributed by atoms with Crippen molar-refractivity contribution in [3.05, 3.63) is 75.4 Å². The summed E-state index contributed by atoms with van der Waals surface area (Å²) < 4.78 is 7.08. The Balaban J connectivity index is 1.90. The molecule has 2 aromatic carbocycles. The summed E-state index contributed by atoms with van der Waals surface area (Å²) in [6.07, 6.45) is 4.19. The normalized spacial score (nSPS) is 19.1. The van der Waals surface area contributed by atoms with Gasteiger partial charge in [0.1, 0.15) is 18.0 Å². The van der Waals surface area contributed by atoms with Gasteiger partial charge in [0.15, 0.2) is 0 Å². The SMILES string of the molecule is CCCCCCN(C(=O)Cc1ccccc1)[C@@H]1CC(C(=O)NCCO)=C[C@H](Oc2ccccc2I)[C@H]1O. The van der Waals surface area contributed by atoms with Crippen molar-refractivity contribution in [3.8, 4) is 5.75 Å². The molecule has 3 rings (SSSR count). The monoisotopic (exact) mass is 620 g/mol. The minimum atomic E-state index is -1.02. The molecule has 0 aromatic heterocycles. The van der Waals surface area contributed by atoms with Crippen LogP contribution in [0.3, 0.4) is 0 Å². The summed E-state index contributed by atoms with van der Waals surface area (Å²) >= 11 is 2.17. The van der Waals surface area contributed by atoms with E-state index in [0.29, 0.717) is 17.9 Å². The Morgan fingerprint density at radius 1 is 1.08 bits per heavy atom. The molecule has 3 atom stereocenters. The molecule has 0 radical (unpaired) electrons. The molecular formula is C29H37IN2O5. The van der Waals surface area contributed by atoms with Gasteiger partial charge in [-0.25, -0.2) is 0 Å². The highest BCUT2D eigenvalue weighted by atomic mass is 127. The third-order valence-electron chi connectivity index (χ3n) is 6.49. The van der Waals surface area contributed by atoms with Crippen LogP contribution in [0.5, 0.6) is 5.75 Å². The van der Waals surface area contributed by atoms with Gasteiger partial charge in [0.05, 0.1) is 22.6 Å². The van der Waals surface area contributed by atoms with Gasteiger partial charge in [-0.05, 0) is 52.8 Å². The number of benzene rings is 2. The summed E-state index contributed by atoms with van der Waals surface area (Å²) in [6.45, 7) is 2.58. The van der Waals surface area contributed by atoms with Crippen molar-refractivity contribution in [2.24, 2.45) is 0 Å². The second kappa shape index (κ2) is 15.1. The first-order chi connectivity index (χ1) is 17.9. The Kier molecular flexibility index (Phi) is 11.9. The van der Waals surface area contributed by atoms with E-state index >= 15 is 0 Å². The molecule has 0 saturated heterocycles. The first-order valence-corrected chi connectivity index (χ1v) is 14.0. The van der Waals surface area contributed by atoms with Gasteiger partial charge in [-0.3, -0.25) is 9.59 Å². The van der Waals surface area contributed by atoms with Crippen LogP contribution in [0.1, 0.15) is 44.6 Å². The van der Waals surface area contributed by atoms with Crippen molar-refractivity contribution in [2.75, 3.05) is 19.7 Å². The van der Waals surface area contributed by atoms with Crippen molar-refractivity contribution in [1.29, 1.82) is 0 Å². The molecule has 2 aromatic rings. The molecule has 2 amide bonds. The zero-order valence-electron chi connectivity index (χ0n) is 21.3. The van der Waals surface area contributed by atoms with Crippen LogP contribution < -0.4 is 10.1 Å². The van der Waals surface area contributed by atoms with Crippen LogP contribution in [0.4, 0.5) is 0 Å². The molecule has 1 aliphatic rings. The van der Waals surface area contributed by atoms with Gasteiger partial charge in [0.2, 0.25) is 11.8 Å². The van der Waals surface area contributed by atoms with Crippen LogP contribution in [0.25, 0.3) is 0 Å². The van der Waals surface area contributed by atoms with E-state index in [0.717, 1.165) is 34.8 Å². The molecule has 0 unspecified atom stereocenters. The fourth-order valence-corrected chi connectivity index (χ4v) is 5.04. The predicted octanol–water partition coefficient (Wildman–Crippen LogP) is 3.86. The molecule has 0 spiro atoms. The lowest BCUT2D eigenvalue weighted by atomic mass is 9.87. The van der Waals surface area contributed by atoms with Gasteiger partial charge in [0, 0.05) is 25.1 Å². The van der Waals surface area contributed by atoms with Crippen molar-refractivity contribution in [1.82, 2.24) is 10.2 Å². The molecular weight excluding hydrogens is 583 g/mol. The standard InChI is InChI=1S/C29H37IN2O5/c1-2-3-4-10-16-32(27(34)18-21-11-6-5-7-12-21)24-19-22(29(36)31-15-17-33)20-26(28(24)35)37-25-14-9-8-13-23(25)30/h5-9,11-14,20,24,26,28,33,35H,2-4,10,15-19H2,1H3,(H,31,36)/t24-,26+,28+/m1/s1. The number of amides is 2. The van der Waals surface area contributed by atoms with Crippen LogP contribution in [0, 0.1) is 3.57 Å². The topological polar surface area (TPSA) is 99.1 Å². The van der Waals surface area contributed by atoms with Crippen LogP contribution in [-0.2, 0) is 16.0 Å². The number of ether oxygens (including phenoxy) is 1. The molecule has 8 heteroatoms. The molecule has 7 nitrogen and oxygen atoms in total. The maximum atomic E-state index is 13.6. The van der Waals surface area contributed by atoms with Gasteiger partial charge in [-0.1, -0.05) is 68.7 Å². The number of halogens is 1. The first-order valence-electron chi connectivity index (χ1n) is 13.0. The van der Waals surface area contributed by atoms with E-state index in [4.69, 9.17) is 4.74 Å². The average molecular weight is 621 g/mol. The van der Waals surface area contributed by atoms with Crippen LogP contribution in [0.2, 0.25) is 0 Å². The zero-order valence-corrected chi connectivity index (χ0v) is 23.5. The second-order valence-corrected chi connectivity index (χ2v) is 10.4. The largest absolute Gasteiger partial charge is 0.482 e. The van der Waals surface area contributed by atoms with Gasteiger partial charge in [-0.15, -0.1) is 0 Å². The highest BCUT2D eigenvalue weighted by Crippen LogP contribution is 2.30. The molecule has 3 N–H and O–H groups in total. The summed E-state index contributed by atoms with van der Waals surface area (Å²) in [6, 6.07) is 16.4. The van der Waals surface area contributed by atoms with Gasteiger partial charge < -0.3 is 25.2 Å². The molecule has 37 heavy (non-hydrogen) atoms. The number of unbranched alkanes of at least 4 members (excludes halogenated alkanes) is 3. The molecule has 0 heterocycles. The van der Waals surface area contributed by atoms with Gasteiger partial charge in [0.25, 0.3) is 0 Å². The number of rotatable bonds is 13. The van der Waals surface area contributed by atoms with E-state index in [-0.39, 0.29) is 37.8 Å². The van der Waals surface area contributed by atoms with Crippen molar-refractivity contribution in [3.63, 3.8) is 0 Å². The minimum absolute atomic E-state index is 0.0863. The van der Waals surface area contributed by atoms with E-state index in [1.807, 2.05) is 54.6 Å².